The van der Waals surface area contributed by atoms with E-state index < -0.39 is 15.8 Å². The largest absolute Gasteiger partial charge is 0.464 e. The molecular formula is C24H18O6P2. The molecule has 0 N–H and O–H groups in total. The molecule has 32 heavy (non-hydrogen) atoms. The Morgan fingerprint density at radius 1 is 0.312 bits per heavy atom. The second-order valence-corrected chi connectivity index (χ2v) is 10.4. The average Bonchev–Trinajstić information content (AvgIpc) is 3.67. The van der Waals surface area contributed by atoms with E-state index in [1.54, 1.807) is 37.6 Å². The van der Waals surface area contributed by atoms with Crippen LogP contribution in [0, 0.1) is 0 Å². The van der Waals surface area contributed by atoms with Crippen LogP contribution >= 0.6 is 15.8 Å². The van der Waals surface area contributed by atoms with Gasteiger partial charge in [0.1, 0.15) is 48.9 Å². The van der Waals surface area contributed by atoms with Crippen molar-refractivity contribution in [1.82, 2.24) is 0 Å². The third kappa shape index (κ3) is 4.43. The molecule has 0 unspecified atom stereocenters. The molecule has 0 amide bonds. The fraction of sp³-hybridized carbons (Fsp3) is 0. The molecule has 0 atom stereocenters. The van der Waals surface area contributed by atoms with E-state index >= 15 is 0 Å². The Bertz CT molecular complexity index is 986. The zero-order valence-corrected chi connectivity index (χ0v) is 18.5. The Kier molecular flexibility index (Phi) is 6.25. The quantitative estimate of drug-likeness (QED) is 0.339. The third-order valence-corrected chi connectivity index (χ3v) is 8.53. The van der Waals surface area contributed by atoms with Crippen molar-refractivity contribution < 1.29 is 26.5 Å². The van der Waals surface area contributed by atoms with Gasteiger partial charge in [-0.15, -0.1) is 0 Å². The molecule has 0 saturated heterocycles. The van der Waals surface area contributed by atoms with Crippen molar-refractivity contribution in [2.45, 2.75) is 0 Å². The van der Waals surface area contributed by atoms with E-state index in [4.69, 9.17) is 26.5 Å². The summed E-state index contributed by atoms with van der Waals surface area (Å²) >= 11 is 0. The lowest BCUT2D eigenvalue weighted by atomic mass is 10.7. The molecule has 0 fully saturated rings. The Labute approximate surface area is 185 Å². The minimum Gasteiger partial charge on any atom is -0.464 e. The summed E-state index contributed by atoms with van der Waals surface area (Å²) < 4.78 is 32.7. The lowest BCUT2D eigenvalue weighted by Crippen LogP contribution is -2.17. The molecule has 0 radical (unpaired) electrons. The minimum atomic E-state index is -0.835. The zero-order valence-electron chi connectivity index (χ0n) is 16.7. The highest BCUT2D eigenvalue weighted by Crippen LogP contribution is 2.34. The first-order chi connectivity index (χ1) is 15.9. The van der Waals surface area contributed by atoms with Crippen LogP contribution in [0.15, 0.2) is 137 Å². The van der Waals surface area contributed by atoms with Crippen molar-refractivity contribution in [3.8, 4) is 0 Å². The van der Waals surface area contributed by atoms with Gasteiger partial charge in [0.2, 0.25) is 0 Å². The van der Waals surface area contributed by atoms with Gasteiger partial charge in [0.15, 0.2) is 0 Å². The highest BCUT2D eigenvalue weighted by atomic mass is 31.1. The van der Waals surface area contributed by atoms with Crippen molar-refractivity contribution in [3.63, 3.8) is 0 Å². The second-order valence-electron chi connectivity index (χ2n) is 6.38. The smallest absolute Gasteiger partial charge is 0.140 e. The summed E-state index contributed by atoms with van der Waals surface area (Å²) in [5.41, 5.74) is 5.25. The molecule has 6 rings (SSSR count). The van der Waals surface area contributed by atoms with Crippen LogP contribution in [0.1, 0.15) is 0 Å². The molecule has 0 aliphatic heterocycles. The van der Waals surface area contributed by atoms with E-state index in [0.29, 0.717) is 0 Å². The predicted octanol–water partition coefficient (Wildman–Crippen LogP) is 4.45. The van der Waals surface area contributed by atoms with Crippen LogP contribution < -0.4 is 33.0 Å². The van der Waals surface area contributed by atoms with Gasteiger partial charge in [0, 0.05) is 0 Å². The molecular weight excluding hydrogens is 446 g/mol. The summed E-state index contributed by atoms with van der Waals surface area (Å²) in [4.78, 5) is 0. The third-order valence-electron chi connectivity index (χ3n) is 4.36. The van der Waals surface area contributed by atoms with Gasteiger partial charge in [-0.2, -0.15) is 0 Å². The van der Waals surface area contributed by atoms with Crippen LogP contribution in [-0.2, 0) is 0 Å². The second kappa shape index (κ2) is 9.78. The summed E-state index contributed by atoms with van der Waals surface area (Å²) in [5, 5.41) is 0. The number of hydrogen-bond acceptors (Lipinski definition) is 6. The van der Waals surface area contributed by atoms with Gasteiger partial charge in [-0.1, -0.05) is 0 Å². The van der Waals surface area contributed by atoms with Crippen LogP contribution in [0.2, 0.25) is 0 Å². The summed E-state index contributed by atoms with van der Waals surface area (Å²) in [6, 6.07) is 22.9. The molecule has 6 aromatic heterocycles. The lowest BCUT2D eigenvalue weighted by Gasteiger charge is -2.08. The minimum absolute atomic E-state index is 0.835. The molecule has 6 heterocycles. The standard InChI is InChI=1S/2C12H9O3P/c2*1-4-10(13-7-1)16(11-5-2-8-14-11)12-6-3-9-15-12/h2*1-9H. The van der Waals surface area contributed by atoms with Gasteiger partial charge in [0.05, 0.1) is 37.6 Å². The van der Waals surface area contributed by atoms with Crippen molar-refractivity contribution in [2.24, 2.45) is 0 Å². The fourth-order valence-corrected chi connectivity index (χ4v) is 6.75. The average molecular weight is 464 g/mol. The van der Waals surface area contributed by atoms with Gasteiger partial charge >= 0.3 is 0 Å². The predicted molar refractivity (Wildman–Crippen MR) is 124 cm³/mol. The van der Waals surface area contributed by atoms with Crippen molar-refractivity contribution in [3.05, 3.63) is 110 Å². The van der Waals surface area contributed by atoms with E-state index in [1.165, 1.54) is 0 Å². The number of hydrogen-bond donors (Lipinski definition) is 0. The van der Waals surface area contributed by atoms with Crippen LogP contribution in [-0.4, -0.2) is 0 Å². The van der Waals surface area contributed by atoms with Crippen molar-refractivity contribution in [2.75, 3.05) is 0 Å². The maximum atomic E-state index is 5.45. The van der Waals surface area contributed by atoms with Crippen LogP contribution in [0.3, 0.4) is 0 Å². The Morgan fingerprint density at radius 3 is 0.625 bits per heavy atom. The molecule has 0 aromatic carbocycles. The monoisotopic (exact) mass is 464 g/mol. The highest BCUT2D eigenvalue weighted by Gasteiger charge is 2.25. The van der Waals surface area contributed by atoms with Crippen LogP contribution in [0.4, 0.5) is 0 Å². The number of furan rings is 6. The Balaban J connectivity index is 0.000000135. The highest BCUT2D eigenvalue weighted by molar-refractivity contribution is 7.79. The SMILES string of the molecule is c1coc(P(c2ccco2)c2ccco2)c1.c1coc(P(c2ccco2)c2ccco2)c1. The van der Waals surface area contributed by atoms with E-state index in [9.17, 15) is 0 Å². The molecule has 0 spiro atoms. The van der Waals surface area contributed by atoms with E-state index in [-0.39, 0.29) is 0 Å². The lowest BCUT2D eigenvalue weighted by molar-refractivity contribution is 0.583. The molecule has 6 aromatic rings. The first-order valence-electron chi connectivity index (χ1n) is 9.71. The normalized spacial score (nSPS) is 11.1. The van der Waals surface area contributed by atoms with Gasteiger partial charge in [-0.25, -0.2) is 0 Å². The molecule has 160 valence electrons. The summed E-state index contributed by atoms with van der Waals surface area (Å²) in [7, 11) is -1.67. The Hall–Kier alpha value is -3.46. The fourth-order valence-electron chi connectivity index (χ4n) is 3.03. The Morgan fingerprint density at radius 2 is 0.500 bits per heavy atom. The van der Waals surface area contributed by atoms with E-state index in [0.717, 1.165) is 33.0 Å². The van der Waals surface area contributed by atoms with Gasteiger partial charge in [0.25, 0.3) is 0 Å². The maximum absolute atomic E-state index is 5.45. The van der Waals surface area contributed by atoms with E-state index in [2.05, 4.69) is 0 Å². The zero-order chi connectivity index (χ0) is 21.6. The summed E-state index contributed by atoms with van der Waals surface area (Å²) in [6.07, 6.45) is 9.98. The number of rotatable bonds is 6. The van der Waals surface area contributed by atoms with Gasteiger partial charge < -0.3 is 26.5 Å². The molecule has 0 saturated carbocycles. The molecule has 0 bridgehead atoms. The first kappa shape index (κ1) is 20.4. The molecule has 6 nitrogen and oxygen atoms in total. The van der Waals surface area contributed by atoms with Gasteiger partial charge in [-0.05, 0) is 72.8 Å². The first-order valence-corrected chi connectivity index (χ1v) is 12.4. The van der Waals surface area contributed by atoms with Crippen molar-refractivity contribution in [1.29, 1.82) is 0 Å². The summed E-state index contributed by atoms with van der Waals surface area (Å²) in [6.45, 7) is 0. The van der Waals surface area contributed by atoms with Crippen LogP contribution in [0.25, 0.3) is 0 Å². The maximum Gasteiger partial charge on any atom is 0.140 e. The topological polar surface area (TPSA) is 78.8 Å². The van der Waals surface area contributed by atoms with Crippen molar-refractivity contribution >= 4 is 48.9 Å². The molecule has 0 aliphatic carbocycles. The van der Waals surface area contributed by atoms with Crippen LogP contribution in [0.5, 0.6) is 0 Å². The molecule has 0 aliphatic rings. The van der Waals surface area contributed by atoms with Gasteiger partial charge in [-0.3, -0.25) is 0 Å². The molecule has 8 heteroatoms. The van der Waals surface area contributed by atoms with E-state index in [1.807, 2.05) is 72.8 Å². The summed E-state index contributed by atoms with van der Waals surface area (Å²) in [5.74, 6) is 0.